The second kappa shape index (κ2) is 9.98. The van der Waals surface area contributed by atoms with Crippen LogP contribution in [0.3, 0.4) is 0 Å². The quantitative estimate of drug-likeness (QED) is 0.683. The number of hydrogen-bond donors (Lipinski definition) is 2. The standard InChI is InChI=1S/C27H40N4O/c1-4-24-7-5-23(20-29-24)27(32)12-17-31(18-13-27)16-9-21(2)25-8-6-22(19-30-25)26(3)10-14-28-15-11-26/h5-8,19-21,28,32H,4,9-18H2,1-3H3. The average molecular weight is 437 g/mol. The Labute approximate surface area is 193 Å². The first-order valence-electron chi connectivity index (χ1n) is 12.5. The lowest BCUT2D eigenvalue weighted by Gasteiger charge is -2.38. The number of likely N-dealkylation sites (tertiary alicyclic amines) is 1. The van der Waals surface area contributed by atoms with Crippen molar-refractivity contribution < 1.29 is 5.11 Å². The van der Waals surface area contributed by atoms with Gasteiger partial charge in [-0.05, 0) is 87.2 Å². The van der Waals surface area contributed by atoms with Gasteiger partial charge in [0.15, 0.2) is 0 Å². The van der Waals surface area contributed by atoms with Crippen LogP contribution >= 0.6 is 0 Å². The normalized spacial score (nSPS) is 21.9. The molecule has 2 fully saturated rings. The summed E-state index contributed by atoms with van der Waals surface area (Å²) in [6.07, 6.45) is 9.93. The van der Waals surface area contributed by atoms with Crippen LogP contribution < -0.4 is 5.32 Å². The van der Waals surface area contributed by atoms with Gasteiger partial charge in [-0.15, -0.1) is 0 Å². The first kappa shape index (κ1) is 23.3. The molecule has 174 valence electrons. The first-order chi connectivity index (χ1) is 15.4. The van der Waals surface area contributed by atoms with E-state index in [1.807, 2.05) is 12.3 Å². The highest BCUT2D eigenvalue weighted by Gasteiger charge is 2.34. The lowest BCUT2D eigenvalue weighted by Crippen LogP contribution is -2.43. The summed E-state index contributed by atoms with van der Waals surface area (Å²) < 4.78 is 0. The molecule has 4 heterocycles. The number of rotatable bonds is 7. The maximum Gasteiger partial charge on any atom is 0.0935 e. The van der Waals surface area contributed by atoms with Crippen molar-refractivity contribution >= 4 is 0 Å². The molecule has 1 unspecified atom stereocenters. The number of nitrogens with one attached hydrogen (secondary N) is 1. The van der Waals surface area contributed by atoms with Crippen LogP contribution in [0.5, 0.6) is 0 Å². The van der Waals surface area contributed by atoms with Gasteiger partial charge in [-0.25, -0.2) is 0 Å². The smallest absolute Gasteiger partial charge is 0.0935 e. The molecule has 2 N–H and O–H groups in total. The van der Waals surface area contributed by atoms with E-state index >= 15 is 0 Å². The molecular formula is C27H40N4O. The first-order valence-corrected chi connectivity index (χ1v) is 12.5. The van der Waals surface area contributed by atoms with Crippen LogP contribution in [-0.2, 0) is 17.4 Å². The molecule has 0 aromatic carbocycles. The lowest BCUT2D eigenvalue weighted by molar-refractivity contribution is -0.0265. The number of nitrogens with zero attached hydrogens (tertiary/aromatic N) is 3. The van der Waals surface area contributed by atoms with Crippen molar-refractivity contribution in [3.05, 3.63) is 59.2 Å². The molecule has 2 saturated heterocycles. The maximum atomic E-state index is 11.2. The van der Waals surface area contributed by atoms with Crippen molar-refractivity contribution in [2.45, 2.75) is 76.2 Å². The summed E-state index contributed by atoms with van der Waals surface area (Å²) in [4.78, 5) is 11.8. The molecule has 1 atom stereocenters. The molecule has 2 aliphatic rings. The molecule has 2 aromatic rings. The molecule has 0 radical (unpaired) electrons. The number of hydrogen-bond acceptors (Lipinski definition) is 5. The maximum absolute atomic E-state index is 11.2. The summed E-state index contributed by atoms with van der Waals surface area (Å²) in [5.41, 5.74) is 4.15. The fraction of sp³-hybridized carbons (Fsp3) is 0.630. The fourth-order valence-electron chi connectivity index (χ4n) is 5.19. The third-order valence-corrected chi connectivity index (χ3v) is 7.98. The highest BCUT2D eigenvalue weighted by Crippen LogP contribution is 2.34. The molecule has 0 amide bonds. The predicted octanol–water partition coefficient (Wildman–Crippen LogP) is 4.16. The molecule has 0 saturated carbocycles. The average Bonchev–Trinajstić information content (AvgIpc) is 2.84. The van der Waals surface area contributed by atoms with E-state index in [0.717, 1.165) is 69.7 Å². The van der Waals surface area contributed by atoms with Gasteiger partial charge in [-0.2, -0.15) is 0 Å². The van der Waals surface area contributed by atoms with Crippen LogP contribution in [-0.4, -0.2) is 52.7 Å². The Hall–Kier alpha value is -1.82. The van der Waals surface area contributed by atoms with Gasteiger partial charge < -0.3 is 15.3 Å². The third-order valence-electron chi connectivity index (χ3n) is 7.98. The molecule has 4 rings (SSSR count). The highest BCUT2D eigenvalue weighted by molar-refractivity contribution is 5.25. The van der Waals surface area contributed by atoms with Crippen LogP contribution in [0.1, 0.15) is 81.3 Å². The molecule has 0 aliphatic carbocycles. The number of aromatic nitrogens is 2. The van der Waals surface area contributed by atoms with Crippen LogP contribution in [0.4, 0.5) is 0 Å². The van der Waals surface area contributed by atoms with E-state index < -0.39 is 5.60 Å². The van der Waals surface area contributed by atoms with Gasteiger partial charge in [0.05, 0.1) is 5.60 Å². The molecule has 5 heteroatoms. The minimum Gasteiger partial charge on any atom is -0.385 e. The minimum atomic E-state index is -0.733. The van der Waals surface area contributed by atoms with E-state index in [4.69, 9.17) is 4.98 Å². The zero-order chi connectivity index (χ0) is 22.6. The van der Waals surface area contributed by atoms with E-state index in [1.54, 1.807) is 0 Å². The fourth-order valence-corrected chi connectivity index (χ4v) is 5.19. The van der Waals surface area contributed by atoms with Crippen molar-refractivity contribution in [2.75, 3.05) is 32.7 Å². The van der Waals surface area contributed by atoms with Gasteiger partial charge in [0.25, 0.3) is 0 Å². The lowest BCUT2D eigenvalue weighted by atomic mass is 9.75. The Balaban J connectivity index is 1.27. The van der Waals surface area contributed by atoms with E-state index in [0.29, 0.717) is 5.92 Å². The van der Waals surface area contributed by atoms with E-state index in [-0.39, 0.29) is 5.41 Å². The van der Waals surface area contributed by atoms with Crippen molar-refractivity contribution in [3.63, 3.8) is 0 Å². The van der Waals surface area contributed by atoms with Gasteiger partial charge in [0.2, 0.25) is 0 Å². The molecule has 0 spiro atoms. The van der Waals surface area contributed by atoms with Gasteiger partial charge in [-0.3, -0.25) is 9.97 Å². The molecule has 2 aromatic heterocycles. The zero-order valence-electron chi connectivity index (χ0n) is 20.1. The Morgan fingerprint density at radius 3 is 2.28 bits per heavy atom. The second-order valence-corrected chi connectivity index (χ2v) is 10.2. The summed E-state index contributed by atoms with van der Waals surface area (Å²) in [6.45, 7) is 11.9. The summed E-state index contributed by atoms with van der Waals surface area (Å²) in [5.74, 6) is 0.441. The highest BCUT2D eigenvalue weighted by atomic mass is 16.3. The van der Waals surface area contributed by atoms with Crippen molar-refractivity contribution in [1.82, 2.24) is 20.2 Å². The predicted molar refractivity (Wildman–Crippen MR) is 130 cm³/mol. The molecule has 5 nitrogen and oxygen atoms in total. The van der Waals surface area contributed by atoms with E-state index in [9.17, 15) is 5.11 Å². The molecule has 0 bridgehead atoms. The SMILES string of the molecule is CCc1ccc(C2(O)CCN(CCC(C)c3ccc(C4(C)CCNCC4)cn3)CC2)cn1. The summed E-state index contributed by atoms with van der Waals surface area (Å²) in [6, 6.07) is 8.66. The van der Waals surface area contributed by atoms with Gasteiger partial charge >= 0.3 is 0 Å². The molecule has 32 heavy (non-hydrogen) atoms. The van der Waals surface area contributed by atoms with Crippen LogP contribution in [0.2, 0.25) is 0 Å². The summed E-state index contributed by atoms with van der Waals surface area (Å²) >= 11 is 0. The largest absolute Gasteiger partial charge is 0.385 e. The van der Waals surface area contributed by atoms with Crippen molar-refractivity contribution in [2.24, 2.45) is 0 Å². The van der Waals surface area contributed by atoms with E-state index in [1.165, 1.54) is 24.1 Å². The van der Waals surface area contributed by atoms with Crippen LogP contribution in [0.15, 0.2) is 36.7 Å². The Morgan fingerprint density at radius 1 is 1.00 bits per heavy atom. The monoisotopic (exact) mass is 436 g/mol. The number of aliphatic hydroxyl groups is 1. The second-order valence-electron chi connectivity index (χ2n) is 10.2. The topological polar surface area (TPSA) is 61.3 Å². The number of piperidine rings is 2. The van der Waals surface area contributed by atoms with Gasteiger partial charge in [0, 0.05) is 42.4 Å². The summed E-state index contributed by atoms with van der Waals surface area (Å²) in [7, 11) is 0. The molecular weight excluding hydrogens is 396 g/mol. The van der Waals surface area contributed by atoms with Crippen molar-refractivity contribution in [1.29, 1.82) is 0 Å². The zero-order valence-corrected chi connectivity index (χ0v) is 20.1. The van der Waals surface area contributed by atoms with Gasteiger partial charge in [0.1, 0.15) is 0 Å². The Morgan fingerprint density at radius 2 is 1.69 bits per heavy atom. The minimum absolute atomic E-state index is 0.261. The van der Waals surface area contributed by atoms with Crippen molar-refractivity contribution in [3.8, 4) is 0 Å². The van der Waals surface area contributed by atoms with E-state index in [2.05, 4.69) is 60.4 Å². The molecule has 2 aliphatic heterocycles. The van der Waals surface area contributed by atoms with Gasteiger partial charge in [-0.1, -0.05) is 32.9 Å². The Bertz CT molecular complexity index is 850. The third kappa shape index (κ3) is 5.22. The van der Waals surface area contributed by atoms with Crippen LogP contribution in [0, 0.1) is 0 Å². The Kier molecular flexibility index (Phi) is 7.28. The summed E-state index contributed by atoms with van der Waals surface area (Å²) in [5, 5.41) is 14.6. The number of aryl methyl sites for hydroxylation is 1. The number of pyridine rings is 2. The van der Waals surface area contributed by atoms with Crippen LogP contribution in [0.25, 0.3) is 0 Å².